The van der Waals surface area contributed by atoms with Gasteiger partial charge in [0.15, 0.2) is 5.96 Å². The largest absolute Gasteiger partial charge is 0.382 e. The molecule has 0 spiro atoms. The molecular formula is C20H32N4O3. The van der Waals surface area contributed by atoms with Crippen molar-refractivity contribution in [2.24, 2.45) is 10.9 Å². The molecule has 0 aromatic heterocycles. The molecule has 1 fully saturated rings. The highest BCUT2D eigenvalue weighted by Gasteiger charge is 2.25. The molecule has 0 aliphatic carbocycles. The molecule has 1 unspecified atom stereocenters. The van der Waals surface area contributed by atoms with Gasteiger partial charge in [0.1, 0.15) is 0 Å². The number of benzene rings is 1. The van der Waals surface area contributed by atoms with Crippen molar-refractivity contribution in [1.82, 2.24) is 15.5 Å². The van der Waals surface area contributed by atoms with Gasteiger partial charge in [-0.05, 0) is 18.4 Å². The van der Waals surface area contributed by atoms with E-state index in [1.165, 1.54) is 5.56 Å². The van der Waals surface area contributed by atoms with E-state index in [4.69, 9.17) is 9.47 Å². The zero-order chi connectivity index (χ0) is 19.3. The summed E-state index contributed by atoms with van der Waals surface area (Å²) >= 11 is 0. The number of methoxy groups -OCH3 is 1. The number of guanidine groups is 1. The number of hydrogen-bond donors (Lipinski definition) is 2. The van der Waals surface area contributed by atoms with Gasteiger partial charge in [0.05, 0.1) is 26.4 Å². The molecule has 1 atom stereocenters. The lowest BCUT2D eigenvalue weighted by molar-refractivity contribution is -0.120. The third-order valence-electron chi connectivity index (χ3n) is 4.57. The fraction of sp³-hybridized carbons (Fsp3) is 0.600. The van der Waals surface area contributed by atoms with Gasteiger partial charge in [-0.2, -0.15) is 0 Å². The number of carbonyl (C=O) groups is 1. The number of carbonyl (C=O) groups excluding carboxylic acids is 1. The molecule has 1 aliphatic rings. The van der Waals surface area contributed by atoms with Gasteiger partial charge in [-0.3, -0.25) is 9.79 Å². The van der Waals surface area contributed by atoms with E-state index in [9.17, 15) is 4.79 Å². The summed E-state index contributed by atoms with van der Waals surface area (Å²) in [6.45, 7) is 4.66. The number of ether oxygens (including phenoxy) is 2. The van der Waals surface area contributed by atoms with Crippen molar-refractivity contribution in [2.45, 2.75) is 12.8 Å². The molecule has 7 nitrogen and oxygen atoms in total. The zero-order valence-electron chi connectivity index (χ0n) is 16.4. The second kappa shape index (κ2) is 12.3. The van der Waals surface area contributed by atoms with Crippen LogP contribution in [0.4, 0.5) is 0 Å². The zero-order valence-corrected chi connectivity index (χ0v) is 16.4. The summed E-state index contributed by atoms with van der Waals surface area (Å²) in [5.41, 5.74) is 1.22. The lowest BCUT2D eigenvalue weighted by atomic mass is 10.1. The lowest BCUT2D eigenvalue weighted by Gasteiger charge is -2.21. The number of likely N-dealkylation sites (tertiary alicyclic amines) is 1. The Labute approximate surface area is 162 Å². The third kappa shape index (κ3) is 7.97. The predicted octanol–water partition coefficient (Wildman–Crippen LogP) is 0.906. The van der Waals surface area contributed by atoms with E-state index in [2.05, 4.69) is 32.7 Å². The summed E-state index contributed by atoms with van der Waals surface area (Å²) in [5.74, 6) is 1.23. The smallest absolute Gasteiger partial charge is 0.239 e. The van der Waals surface area contributed by atoms with Gasteiger partial charge in [-0.1, -0.05) is 30.3 Å². The number of hydrogen-bond acceptors (Lipinski definition) is 4. The summed E-state index contributed by atoms with van der Waals surface area (Å²) < 4.78 is 10.6. The first-order valence-electron chi connectivity index (χ1n) is 9.55. The molecule has 150 valence electrons. The fourth-order valence-electron chi connectivity index (χ4n) is 3.10. The van der Waals surface area contributed by atoms with Crippen LogP contribution in [-0.4, -0.2) is 76.9 Å². The van der Waals surface area contributed by atoms with E-state index in [1.807, 2.05) is 18.2 Å². The summed E-state index contributed by atoms with van der Waals surface area (Å²) in [6, 6.07) is 10.1. The molecule has 2 rings (SSSR count). The van der Waals surface area contributed by atoms with Gasteiger partial charge in [-0.25, -0.2) is 0 Å². The standard InChI is InChI=1S/C20H32N4O3/c1-21-20(24-11-9-18(15-24)16-27-13-12-26-2)23-14-19(25)22-10-8-17-6-4-3-5-7-17/h3-7,18H,8-16H2,1-2H3,(H,21,23)(H,22,25). The van der Waals surface area contributed by atoms with Crippen LogP contribution in [0.15, 0.2) is 35.3 Å². The maximum Gasteiger partial charge on any atom is 0.239 e. The van der Waals surface area contributed by atoms with E-state index in [0.29, 0.717) is 25.7 Å². The molecule has 2 N–H and O–H groups in total. The Balaban J connectivity index is 1.62. The SMILES string of the molecule is CN=C(NCC(=O)NCCc1ccccc1)N1CCC(COCCOC)C1. The highest BCUT2D eigenvalue weighted by molar-refractivity contribution is 5.86. The van der Waals surface area contributed by atoms with Crippen LogP contribution in [0, 0.1) is 5.92 Å². The van der Waals surface area contributed by atoms with E-state index in [0.717, 1.165) is 38.5 Å². The second-order valence-corrected chi connectivity index (χ2v) is 6.65. The van der Waals surface area contributed by atoms with Crippen molar-refractivity contribution < 1.29 is 14.3 Å². The molecule has 0 radical (unpaired) electrons. The van der Waals surface area contributed by atoms with Gasteiger partial charge >= 0.3 is 0 Å². The lowest BCUT2D eigenvalue weighted by Crippen LogP contribution is -2.45. The maximum atomic E-state index is 12.1. The van der Waals surface area contributed by atoms with Crippen LogP contribution in [0.5, 0.6) is 0 Å². The Morgan fingerprint density at radius 1 is 1.26 bits per heavy atom. The summed E-state index contributed by atoms with van der Waals surface area (Å²) in [7, 11) is 3.42. The minimum Gasteiger partial charge on any atom is -0.382 e. The Hall–Kier alpha value is -2.12. The molecule has 1 heterocycles. The second-order valence-electron chi connectivity index (χ2n) is 6.65. The van der Waals surface area contributed by atoms with Crippen LogP contribution in [0.25, 0.3) is 0 Å². The molecule has 1 amide bonds. The summed E-state index contributed by atoms with van der Waals surface area (Å²) in [6.07, 6.45) is 1.90. The van der Waals surface area contributed by atoms with E-state index in [1.54, 1.807) is 14.2 Å². The van der Waals surface area contributed by atoms with Crippen molar-refractivity contribution in [3.05, 3.63) is 35.9 Å². The normalized spacial score (nSPS) is 17.2. The van der Waals surface area contributed by atoms with E-state index < -0.39 is 0 Å². The Morgan fingerprint density at radius 3 is 2.81 bits per heavy atom. The van der Waals surface area contributed by atoms with E-state index >= 15 is 0 Å². The monoisotopic (exact) mass is 376 g/mol. The summed E-state index contributed by atoms with van der Waals surface area (Å²) in [4.78, 5) is 18.5. The molecule has 0 saturated carbocycles. The number of nitrogens with zero attached hydrogens (tertiary/aromatic N) is 2. The highest BCUT2D eigenvalue weighted by atomic mass is 16.5. The van der Waals surface area contributed by atoms with Crippen molar-refractivity contribution in [1.29, 1.82) is 0 Å². The van der Waals surface area contributed by atoms with Crippen LogP contribution in [0.2, 0.25) is 0 Å². The molecule has 27 heavy (non-hydrogen) atoms. The van der Waals surface area contributed by atoms with Crippen LogP contribution >= 0.6 is 0 Å². The average Bonchev–Trinajstić information content (AvgIpc) is 3.15. The minimum absolute atomic E-state index is 0.0225. The third-order valence-corrected chi connectivity index (χ3v) is 4.57. The molecule has 0 bridgehead atoms. The molecular weight excluding hydrogens is 344 g/mol. The average molecular weight is 377 g/mol. The fourth-order valence-corrected chi connectivity index (χ4v) is 3.10. The molecule has 1 aromatic carbocycles. The van der Waals surface area contributed by atoms with Crippen molar-refractivity contribution >= 4 is 11.9 Å². The highest BCUT2D eigenvalue weighted by Crippen LogP contribution is 2.16. The summed E-state index contributed by atoms with van der Waals surface area (Å²) in [5, 5.41) is 6.10. The minimum atomic E-state index is -0.0225. The predicted molar refractivity (Wildman–Crippen MR) is 107 cm³/mol. The quantitative estimate of drug-likeness (QED) is 0.361. The first-order valence-corrected chi connectivity index (χ1v) is 9.55. The Kier molecular flexibility index (Phi) is 9.65. The topological polar surface area (TPSA) is 75.2 Å². The van der Waals surface area contributed by atoms with Gasteiger partial charge in [-0.15, -0.1) is 0 Å². The van der Waals surface area contributed by atoms with Crippen molar-refractivity contribution in [2.75, 3.05) is 60.2 Å². The molecule has 7 heteroatoms. The van der Waals surface area contributed by atoms with Gasteiger partial charge in [0, 0.05) is 39.7 Å². The van der Waals surface area contributed by atoms with Crippen LogP contribution in [0.1, 0.15) is 12.0 Å². The first-order chi connectivity index (χ1) is 13.2. The number of amides is 1. The number of nitrogens with one attached hydrogen (secondary N) is 2. The van der Waals surface area contributed by atoms with Gasteiger partial charge in [0.2, 0.25) is 5.91 Å². The number of aliphatic imine (C=N–C) groups is 1. The van der Waals surface area contributed by atoms with Crippen LogP contribution < -0.4 is 10.6 Å². The molecule has 1 aliphatic heterocycles. The first kappa shape index (κ1) is 21.2. The molecule has 1 aromatic rings. The Morgan fingerprint density at radius 2 is 2.07 bits per heavy atom. The van der Waals surface area contributed by atoms with Crippen LogP contribution in [0.3, 0.4) is 0 Å². The van der Waals surface area contributed by atoms with Crippen LogP contribution in [-0.2, 0) is 20.7 Å². The van der Waals surface area contributed by atoms with Gasteiger partial charge < -0.3 is 25.0 Å². The van der Waals surface area contributed by atoms with Gasteiger partial charge in [0.25, 0.3) is 0 Å². The Bertz CT molecular complexity index is 580. The van der Waals surface area contributed by atoms with Crippen molar-refractivity contribution in [3.8, 4) is 0 Å². The maximum absolute atomic E-state index is 12.1. The number of rotatable bonds is 10. The van der Waals surface area contributed by atoms with Crippen molar-refractivity contribution in [3.63, 3.8) is 0 Å². The van der Waals surface area contributed by atoms with E-state index in [-0.39, 0.29) is 12.5 Å². The molecule has 1 saturated heterocycles.